The van der Waals surface area contributed by atoms with E-state index >= 15 is 0 Å². The Bertz CT molecular complexity index is 292. The maximum atomic E-state index is 3.32. The maximum Gasteiger partial charge on any atom is 0.00643 e. The Hall–Kier alpha value is -0.120. The zero-order chi connectivity index (χ0) is 19.9. The molecular weight excluding hydrogens is 342 g/mol. The van der Waals surface area contributed by atoms with Gasteiger partial charge >= 0.3 is 0 Å². The van der Waals surface area contributed by atoms with Crippen molar-refractivity contribution in [2.24, 2.45) is 11.8 Å². The summed E-state index contributed by atoms with van der Waals surface area (Å²) in [7, 11) is 2.19. The van der Waals surface area contributed by atoms with Crippen LogP contribution in [-0.4, -0.2) is 50.2 Å². The third kappa shape index (κ3) is 14.8. The Morgan fingerprint density at radius 1 is 0.643 bits per heavy atom. The number of nitrogens with one attached hydrogen (secondary N) is 2. The van der Waals surface area contributed by atoms with Crippen LogP contribution >= 0.6 is 0 Å². The number of rotatable bonds is 0. The van der Waals surface area contributed by atoms with Crippen molar-refractivity contribution in [3.8, 4) is 0 Å². The third-order valence-corrected chi connectivity index (χ3v) is 6.71. The Kier molecular flexibility index (Phi) is 17.6. The lowest BCUT2D eigenvalue weighted by Crippen LogP contribution is -2.26. The average Bonchev–Trinajstić information content (AvgIpc) is 3.29. The first-order valence-electron chi connectivity index (χ1n) is 12.1. The largest absolute Gasteiger partial charge is 0.317 e. The van der Waals surface area contributed by atoms with Gasteiger partial charge in [0.25, 0.3) is 0 Å². The van der Waals surface area contributed by atoms with Crippen LogP contribution < -0.4 is 10.6 Å². The summed E-state index contributed by atoms with van der Waals surface area (Å²) in [5.74, 6) is 2.01. The Morgan fingerprint density at radius 3 is 1.46 bits per heavy atom. The Morgan fingerprint density at radius 2 is 1.25 bits per heavy atom. The van der Waals surface area contributed by atoms with Crippen LogP contribution in [0.3, 0.4) is 0 Å². The average molecular weight is 398 g/mol. The summed E-state index contributed by atoms with van der Waals surface area (Å²) >= 11 is 0. The minimum atomic E-state index is 0. The lowest BCUT2D eigenvalue weighted by Gasteiger charge is -2.17. The van der Waals surface area contributed by atoms with Crippen molar-refractivity contribution >= 4 is 0 Å². The van der Waals surface area contributed by atoms with Gasteiger partial charge in [0.05, 0.1) is 0 Å². The first-order valence-corrected chi connectivity index (χ1v) is 12.1. The molecule has 4 fully saturated rings. The summed E-state index contributed by atoms with van der Waals surface area (Å²) in [6.07, 6.45) is 15.7. The molecule has 4 aliphatic rings. The minimum Gasteiger partial charge on any atom is -0.317 e. The van der Waals surface area contributed by atoms with Crippen LogP contribution in [0, 0.1) is 11.8 Å². The summed E-state index contributed by atoms with van der Waals surface area (Å²) in [6.45, 7) is 14.2. The van der Waals surface area contributed by atoms with Crippen LogP contribution in [0.25, 0.3) is 0 Å². The summed E-state index contributed by atoms with van der Waals surface area (Å²) in [4.78, 5) is 2.40. The molecule has 0 aromatic heterocycles. The molecule has 2 N–H and O–H groups in total. The molecule has 28 heavy (non-hydrogen) atoms. The number of likely N-dealkylation sites (tertiary alicyclic amines) is 1. The van der Waals surface area contributed by atoms with E-state index in [9.17, 15) is 0 Å². The normalized spacial score (nSPS) is 28.6. The van der Waals surface area contributed by atoms with Crippen LogP contribution in [0.4, 0.5) is 0 Å². The molecule has 0 aromatic rings. The molecule has 2 atom stereocenters. The second kappa shape index (κ2) is 17.7. The quantitative estimate of drug-likeness (QED) is 0.518. The monoisotopic (exact) mass is 397 g/mol. The SMILES string of the molecule is C.CC1CCCCC1.CC1CCCN1.CC1CCCN1C.CC1CCNCC1. The van der Waals surface area contributed by atoms with Crippen molar-refractivity contribution in [1.82, 2.24) is 15.5 Å². The summed E-state index contributed by atoms with van der Waals surface area (Å²) in [5.41, 5.74) is 0. The summed E-state index contributed by atoms with van der Waals surface area (Å²) < 4.78 is 0. The van der Waals surface area contributed by atoms with Gasteiger partial charge in [0.1, 0.15) is 0 Å². The molecule has 3 aliphatic heterocycles. The highest BCUT2D eigenvalue weighted by Crippen LogP contribution is 2.22. The fourth-order valence-electron chi connectivity index (χ4n) is 4.21. The number of hydrogen-bond acceptors (Lipinski definition) is 3. The van der Waals surface area contributed by atoms with Gasteiger partial charge in [-0.1, -0.05) is 53.4 Å². The predicted molar refractivity (Wildman–Crippen MR) is 128 cm³/mol. The molecule has 0 aromatic carbocycles. The van der Waals surface area contributed by atoms with E-state index in [-0.39, 0.29) is 7.43 Å². The Balaban J connectivity index is 0.000000344. The molecule has 3 saturated heterocycles. The van der Waals surface area contributed by atoms with Crippen molar-refractivity contribution in [2.75, 3.05) is 33.2 Å². The van der Waals surface area contributed by atoms with E-state index in [1.165, 1.54) is 96.8 Å². The van der Waals surface area contributed by atoms with Crippen molar-refractivity contribution in [2.45, 2.75) is 118 Å². The first-order chi connectivity index (χ1) is 13.0. The van der Waals surface area contributed by atoms with Crippen molar-refractivity contribution in [3.05, 3.63) is 0 Å². The number of nitrogens with zero attached hydrogens (tertiary/aromatic N) is 1. The van der Waals surface area contributed by atoms with E-state index in [1.807, 2.05) is 0 Å². The van der Waals surface area contributed by atoms with E-state index in [1.54, 1.807) is 0 Å². The van der Waals surface area contributed by atoms with Crippen LogP contribution in [-0.2, 0) is 0 Å². The van der Waals surface area contributed by atoms with Crippen molar-refractivity contribution in [3.63, 3.8) is 0 Å². The molecule has 4 rings (SSSR count). The second-order valence-corrected chi connectivity index (χ2v) is 9.64. The topological polar surface area (TPSA) is 27.3 Å². The molecule has 3 heterocycles. The van der Waals surface area contributed by atoms with Crippen LogP contribution in [0.5, 0.6) is 0 Å². The van der Waals surface area contributed by atoms with E-state index in [0.29, 0.717) is 0 Å². The van der Waals surface area contributed by atoms with Gasteiger partial charge in [-0.25, -0.2) is 0 Å². The highest BCUT2D eigenvalue weighted by molar-refractivity contribution is 4.70. The highest BCUT2D eigenvalue weighted by Gasteiger charge is 2.14. The standard InChI is InChI=1S/C7H14.2C6H13N.C5H11N.CH4/c1-7-5-3-2-4-6-7;1-6-4-3-5-7(6)2;1-6-2-4-7-5-3-6;1-5-3-2-4-6-5;/h7H,2-6H2,1H3;6H,3-5H2,1-2H3;6-7H,2-5H2,1H3;5-6H,2-4H2,1H3;1H4. The van der Waals surface area contributed by atoms with E-state index in [0.717, 1.165) is 23.9 Å². The van der Waals surface area contributed by atoms with Gasteiger partial charge in [0.2, 0.25) is 0 Å². The van der Waals surface area contributed by atoms with E-state index in [4.69, 9.17) is 0 Å². The molecule has 170 valence electrons. The van der Waals surface area contributed by atoms with E-state index < -0.39 is 0 Å². The van der Waals surface area contributed by atoms with Crippen molar-refractivity contribution in [1.29, 1.82) is 0 Å². The van der Waals surface area contributed by atoms with Crippen LogP contribution in [0.2, 0.25) is 0 Å². The highest BCUT2D eigenvalue weighted by atomic mass is 15.1. The molecular formula is C25H55N3. The zero-order valence-electron chi connectivity index (χ0n) is 19.4. The molecule has 0 bridgehead atoms. The fourth-order valence-corrected chi connectivity index (χ4v) is 4.21. The summed E-state index contributed by atoms with van der Waals surface area (Å²) in [5, 5.41) is 6.63. The molecule has 3 heteroatoms. The molecule has 0 spiro atoms. The van der Waals surface area contributed by atoms with Gasteiger partial charge in [-0.2, -0.15) is 0 Å². The van der Waals surface area contributed by atoms with Gasteiger partial charge < -0.3 is 15.5 Å². The number of piperidine rings is 1. The van der Waals surface area contributed by atoms with E-state index in [2.05, 4.69) is 50.3 Å². The zero-order valence-corrected chi connectivity index (χ0v) is 19.4. The molecule has 3 nitrogen and oxygen atoms in total. The van der Waals surface area contributed by atoms with Gasteiger partial charge in [-0.15, -0.1) is 0 Å². The van der Waals surface area contributed by atoms with Crippen LogP contribution in [0.15, 0.2) is 0 Å². The lowest BCUT2D eigenvalue weighted by atomic mass is 9.91. The smallest absolute Gasteiger partial charge is 0.00643 e. The summed E-state index contributed by atoms with van der Waals surface area (Å²) in [6, 6.07) is 1.64. The number of hydrogen-bond donors (Lipinski definition) is 2. The molecule has 1 saturated carbocycles. The first kappa shape index (κ1) is 27.9. The predicted octanol–water partition coefficient (Wildman–Crippen LogP) is 6.09. The molecule has 0 radical (unpaired) electrons. The van der Waals surface area contributed by atoms with Gasteiger partial charge in [0.15, 0.2) is 0 Å². The van der Waals surface area contributed by atoms with Gasteiger partial charge in [-0.3, -0.25) is 0 Å². The Labute approximate surface area is 178 Å². The molecule has 2 unspecified atom stereocenters. The molecule has 0 amide bonds. The minimum absolute atomic E-state index is 0. The fraction of sp³-hybridized carbons (Fsp3) is 1.00. The van der Waals surface area contributed by atoms with Crippen LogP contribution in [0.1, 0.15) is 106 Å². The van der Waals surface area contributed by atoms with Gasteiger partial charge in [0, 0.05) is 12.1 Å². The lowest BCUT2D eigenvalue weighted by molar-refractivity contribution is 0.331. The molecule has 1 aliphatic carbocycles. The van der Waals surface area contributed by atoms with Gasteiger partial charge in [-0.05, 0) is 97.4 Å². The van der Waals surface area contributed by atoms with Crippen molar-refractivity contribution < 1.29 is 0 Å². The third-order valence-electron chi connectivity index (χ3n) is 6.71. The second-order valence-electron chi connectivity index (χ2n) is 9.64. The maximum absolute atomic E-state index is 3.32.